The van der Waals surface area contributed by atoms with Crippen LogP contribution in [0, 0.1) is 5.82 Å². The van der Waals surface area contributed by atoms with Crippen LogP contribution in [0.15, 0.2) is 40.9 Å². The summed E-state index contributed by atoms with van der Waals surface area (Å²) in [5.41, 5.74) is 1.52. The largest absolute Gasteiger partial charge is 0.496 e. The normalized spacial score (nSPS) is 12.3. The van der Waals surface area contributed by atoms with Gasteiger partial charge in [0.15, 0.2) is 0 Å². The lowest BCUT2D eigenvalue weighted by Gasteiger charge is -2.13. The number of benzene rings is 2. The topological polar surface area (TPSA) is 9.23 Å². The molecule has 0 saturated carbocycles. The predicted octanol–water partition coefficient (Wildman–Crippen LogP) is 5.58. The van der Waals surface area contributed by atoms with Gasteiger partial charge in [0.25, 0.3) is 0 Å². The highest BCUT2D eigenvalue weighted by Gasteiger charge is 2.16. The monoisotopic (exact) mass is 362 g/mol. The van der Waals surface area contributed by atoms with Gasteiger partial charge in [-0.25, -0.2) is 4.39 Å². The summed E-state index contributed by atoms with van der Waals surface area (Å²) in [5, 5.41) is -0.137. The standard InChI is InChI=1S/C14H10BrCl2FO/c1-19-13-5-2-8(6-11(13)15)14(17)10-4-3-9(18)7-12(10)16/h2-7,14H,1H3. The Hall–Kier alpha value is -0.770. The van der Waals surface area contributed by atoms with Crippen LogP contribution in [0.5, 0.6) is 5.75 Å². The summed E-state index contributed by atoms with van der Waals surface area (Å²) in [4.78, 5) is 0. The Morgan fingerprint density at radius 2 is 1.95 bits per heavy atom. The number of alkyl halides is 1. The summed E-state index contributed by atoms with van der Waals surface area (Å²) in [6.07, 6.45) is 0. The van der Waals surface area contributed by atoms with Gasteiger partial charge in [-0.1, -0.05) is 23.7 Å². The van der Waals surface area contributed by atoms with Crippen molar-refractivity contribution < 1.29 is 9.13 Å². The van der Waals surface area contributed by atoms with E-state index in [9.17, 15) is 4.39 Å². The molecule has 2 aromatic carbocycles. The first-order chi connectivity index (χ1) is 9.02. The third-order valence-electron chi connectivity index (χ3n) is 2.70. The Morgan fingerprint density at radius 1 is 1.21 bits per heavy atom. The van der Waals surface area contributed by atoms with E-state index in [-0.39, 0.29) is 5.82 Å². The van der Waals surface area contributed by atoms with E-state index in [0.717, 1.165) is 15.8 Å². The minimum absolute atomic E-state index is 0.312. The number of methoxy groups -OCH3 is 1. The quantitative estimate of drug-likeness (QED) is 0.647. The first kappa shape index (κ1) is 14.6. The van der Waals surface area contributed by atoms with Gasteiger partial charge < -0.3 is 4.74 Å². The van der Waals surface area contributed by atoms with E-state index < -0.39 is 5.38 Å². The van der Waals surface area contributed by atoms with Crippen LogP contribution >= 0.6 is 39.1 Å². The average Bonchev–Trinajstić information content (AvgIpc) is 2.38. The van der Waals surface area contributed by atoms with Crippen LogP contribution in [0.4, 0.5) is 4.39 Å². The molecule has 100 valence electrons. The van der Waals surface area contributed by atoms with E-state index in [2.05, 4.69) is 15.9 Å². The maximum absolute atomic E-state index is 13.0. The van der Waals surface area contributed by atoms with E-state index in [0.29, 0.717) is 10.6 Å². The van der Waals surface area contributed by atoms with Gasteiger partial charge in [-0.3, -0.25) is 0 Å². The molecule has 0 aliphatic heterocycles. The molecule has 0 fully saturated rings. The maximum Gasteiger partial charge on any atom is 0.133 e. The van der Waals surface area contributed by atoms with Crippen LogP contribution < -0.4 is 4.74 Å². The smallest absolute Gasteiger partial charge is 0.133 e. The molecule has 0 aliphatic carbocycles. The first-order valence-corrected chi connectivity index (χ1v) is 7.06. The minimum atomic E-state index is -0.449. The third kappa shape index (κ3) is 3.22. The van der Waals surface area contributed by atoms with Gasteiger partial charge in [0.1, 0.15) is 11.6 Å². The molecule has 1 unspecified atom stereocenters. The predicted molar refractivity (Wildman–Crippen MR) is 79.8 cm³/mol. The maximum atomic E-state index is 13.0. The van der Waals surface area contributed by atoms with Crippen LogP contribution in [0.1, 0.15) is 16.5 Å². The highest BCUT2D eigenvalue weighted by atomic mass is 79.9. The summed E-state index contributed by atoms with van der Waals surface area (Å²) in [6, 6.07) is 9.71. The summed E-state index contributed by atoms with van der Waals surface area (Å²) in [5.74, 6) is 0.339. The lowest BCUT2D eigenvalue weighted by molar-refractivity contribution is 0.412. The summed E-state index contributed by atoms with van der Waals surface area (Å²) in [6.45, 7) is 0. The van der Waals surface area contributed by atoms with Crippen molar-refractivity contribution >= 4 is 39.1 Å². The van der Waals surface area contributed by atoms with E-state index in [1.807, 2.05) is 18.2 Å². The van der Waals surface area contributed by atoms with Crippen molar-refractivity contribution in [2.75, 3.05) is 7.11 Å². The molecule has 0 aliphatic rings. The fourth-order valence-electron chi connectivity index (χ4n) is 1.73. The fraction of sp³-hybridized carbons (Fsp3) is 0.143. The zero-order valence-corrected chi connectivity index (χ0v) is 13.1. The van der Waals surface area contributed by atoms with Crippen LogP contribution in [-0.4, -0.2) is 7.11 Å². The number of halogens is 4. The molecular formula is C14H10BrCl2FO. The van der Waals surface area contributed by atoms with E-state index in [1.54, 1.807) is 13.2 Å². The molecule has 2 aromatic rings. The van der Waals surface area contributed by atoms with Crippen molar-refractivity contribution in [2.45, 2.75) is 5.38 Å². The van der Waals surface area contributed by atoms with Gasteiger partial charge in [-0.15, -0.1) is 11.6 Å². The Labute approximate surface area is 129 Å². The summed E-state index contributed by atoms with van der Waals surface area (Å²) in [7, 11) is 1.59. The second-order valence-corrected chi connectivity index (χ2v) is 5.62. The zero-order chi connectivity index (χ0) is 14.0. The molecule has 0 amide bonds. The van der Waals surface area contributed by atoms with Gasteiger partial charge >= 0.3 is 0 Å². The molecular weight excluding hydrogens is 354 g/mol. The first-order valence-electron chi connectivity index (χ1n) is 5.45. The van der Waals surface area contributed by atoms with Gasteiger partial charge in [-0.05, 0) is 51.3 Å². The third-order valence-corrected chi connectivity index (χ3v) is 4.14. The molecule has 0 spiro atoms. The van der Waals surface area contributed by atoms with Gasteiger partial charge in [-0.2, -0.15) is 0 Å². The van der Waals surface area contributed by atoms with Crippen LogP contribution in [0.3, 0.4) is 0 Å². The van der Waals surface area contributed by atoms with Crippen molar-refractivity contribution in [1.82, 2.24) is 0 Å². The zero-order valence-electron chi connectivity index (χ0n) is 9.96. The Bertz CT molecular complexity index is 604. The Kier molecular flexibility index (Phi) is 4.71. The second kappa shape index (κ2) is 6.12. The summed E-state index contributed by atoms with van der Waals surface area (Å²) < 4.78 is 19.0. The molecule has 0 aromatic heterocycles. The molecule has 0 radical (unpaired) electrons. The minimum Gasteiger partial charge on any atom is -0.496 e. The van der Waals surface area contributed by atoms with E-state index in [1.165, 1.54) is 12.1 Å². The fourth-order valence-corrected chi connectivity index (χ4v) is 2.94. The highest BCUT2D eigenvalue weighted by molar-refractivity contribution is 9.10. The molecule has 2 rings (SSSR count). The molecule has 5 heteroatoms. The Balaban J connectivity index is 2.38. The molecule has 0 saturated heterocycles. The number of rotatable bonds is 3. The van der Waals surface area contributed by atoms with E-state index >= 15 is 0 Å². The SMILES string of the molecule is COc1ccc(C(Cl)c2ccc(F)cc2Cl)cc1Br. The van der Waals surface area contributed by atoms with Crippen molar-refractivity contribution in [2.24, 2.45) is 0 Å². The Morgan fingerprint density at radius 3 is 2.53 bits per heavy atom. The van der Waals surface area contributed by atoms with Gasteiger partial charge in [0, 0.05) is 5.02 Å². The molecule has 1 atom stereocenters. The van der Waals surface area contributed by atoms with Crippen molar-refractivity contribution in [3.8, 4) is 5.75 Å². The lowest BCUT2D eigenvalue weighted by atomic mass is 10.0. The highest BCUT2D eigenvalue weighted by Crippen LogP contribution is 2.37. The second-order valence-electron chi connectivity index (χ2n) is 3.92. The van der Waals surface area contributed by atoms with Crippen LogP contribution in [0.25, 0.3) is 0 Å². The van der Waals surface area contributed by atoms with Gasteiger partial charge in [0.05, 0.1) is 17.0 Å². The number of hydrogen-bond acceptors (Lipinski definition) is 1. The molecule has 1 nitrogen and oxygen atoms in total. The number of ether oxygens (including phenoxy) is 1. The van der Waals surface area contributed by atoms with Crippen LogP contribution in [0.2, 0.25) is 5.02 Å². The molecule has 0 N–H and O–H groups in total. The average molecular weight is 364 g/mol. The lowest BCUT2D eigenvalue weighted by Crippen LogP contribution is -1.96. The van der Waals surface area contributed by atoms with Gasteiger partial charge in [0.2, 0.25) is 0 Å². The van der Waals surface area contributed by atoms with Crippen molar-refractivity contribution in [3.05, 3.63) is 62.8 Å². The van der Waals surface area contributed by atoms with Crippen LogP contribution in [-0.2, 0) is 0 Å². The van der Waals surface area contributed by atoms with Crippen molar-refractivity contribution in [1.29, 1.82) is 0 Å². The molecule has 0 bridgehead atoms. The molecule has 19 heavy (non-hydrogen) atoms. The summed E-state index contributed by atoms with van der Waals surface area (Å²) >= 11 is 15.8. The van der Waals surface area contributed by atoms with Crippen molar-refractivity contribution in [3.63, 3.8) is 0 Å². The number of hydrogen-bond donors (Lipinski definition) is 0. The molecule has 0 heterocycles. The van der Waals surface area contributed by atoms with E-state index in [4.69, 9.17) is 27.9 Å².